The molecule has 1 aromatic rings. The molecule has 0 radical (unpaired) electrons. The molecular weight excluding hydrogens is 226 g/mol. The zero-order valence-electron chi connectivity index (χ0n) is 11.5. The molecule has 1 aliphatic rings. The SMILES string of the molecule is COc1cc(C)cc(C)c1C(=O)C1CCNC1C. The van der Waals surface area contributed by atoms with Crippen LogP contribution in [-0.2, 0) is 0 Å². The van der Waals surface area contributed by atoms with Crippen molar-refractivity contribution in [1.29, 1.82) is 0 Å². The molecule has 1 heterocycles. The van der Waals surface area contributed by atoms with Crippen molar-refractivity contribution >= 4 is 5.78 Å². The lowest BCUT2D eigenvalue weighted by Crippen LogP contribution is -2.28. The van der Waals surface area contributed by atoms with Crippen LogP contribution in [0.5, 0.6) is 5.75 Å². The molecule has 2 rings (SSSR count). The molecule has 1 aromatic carbocycles. The number of hydrogen-bond donors (Lipinski definition) is 1. The zero-order chi connectivity index (χ0) is 13.3. The second-order valence-electron chi connectivity index (χ2n) is 5.16. The number of carbonyl (C=O) groups excluding carboxylic acids is 1. The average Bonchev–Trinajstić information content (AvgIpc) is 2.73. The standard InChI is InChI=1S/C15H21NO2/c1-9-7-10(2)14(13(8-9)18-4)15(17)12-5-6-16-11(12)3/h7-8,11-12,16H,5-6H2,1-4H3. The Morgan fingerprint density at radius 2 is 2.11 bits per heavy atom. The van der Waals surface area contributed by atoms with Crippen molar-refractivity contribution in [2.45, 2.75) is 33.2 Å². The quantitative estimate of drug-likeness (QED) is 0.834. The van der Waals surface area contributed by atoms with E-state index in [1.54, 1.807) is 7.11 Å². The average molecular weight is 247 g/mol. The van der Waals surface area contributed by atoms with Gasteiger partial charge in [-0.05, 0) is 50.9 Å². The van der Waals surface area contributed by atoms with E-state index in [-0.39, 0.29) is 17.7 Å². The predicted molar refractivity (Wildman–Crippen MR) is 72.4 cm³/mol. The Bertz CT molecular complexity index is 468. The molecule has 0 bridgehead atoms. The molecule has 2 atom stereocenters. The molecular formula is C15H21NO2. The van der Waals surface area contributed by atoms with Crippen molar-refractivity contribution in [3.05, 3.63) is 28.8 Å². The molecule has 1 saturated heterocycles. The van der Waals surface area contributed by atoms with Gasteiger partial charge in [0.25, 0.3) is 0 Å². The van der Waals surface area contributed by atoms with Gasteiger partial charge in [0.15, 0.2) is 5.78 Å². The largest absolute Gasteiger partial charge is 0.496 e. The van der Waals surface area contributed by atoms with Gasteiger partial charge in [-0.1, -0.05) is 6.07 Å². The van der Waals surface area contributed by atoms with E-state index < -0.39 is 0 Å². The lowest BCUT2D eigenvalue weighted by molar-refractivity contribution is 0.0910. The molecule has 2 unspecified atom stereocenters. The Hall–Kier alpha value is -1.35. The fourth-order valence-electron chi connectivity index (χ4n) is 2.81. The third-order valence-corrected chi connectivity index (χ3v) is 3.77. The van der Waals surface area contributed by atoms with Gasteiger partial charge in [-0.2, -0.15) is 0 Å². The number of methoxy groups -OCH3 is 1. The van der Waals surface area contributed by atoms with Crippen LogP contribution in [-0.4, -0.2) is 25.5 Å². The molecule has 1 aliphatic heterocycles. The molecule has 98 valence electrons. The van der Waals surface area contributed by atoms with E-state index in [0.29, 0.717) is 5.75 Å². The molecule has 1 fully saturated rings. The van der Waals surface area contributed by atoms with E-state index in [4.69, 9.17) is 4.74 Å². The Morgan fingerprint density at radius 1 is 1.39 bits per heavy atom. The Balaban J connectivity index is 2.41. The van der Waals surface area contributed by atoms with Crippen LogP contribution in [0, 0.1) is 19.8 Å². The fourth-order valence-corrected chi connectivity index (χ4v) is 2.81. The summed E-state index contributed by atoms with van der Waals surface area (Å²) >= 11 is 0. The molecule has 0 amide bonds. The molecule has 1 N–H and O–H groups in total. The first kappa shape index (κ1) is 13.1. The van der Waals surface area contributed by atoms with Crippen LogP contribution >= 0.6 is 0 Å². The van der Waals surface area contributed by atoms with Gasteiger partial charge in [-0.3, -0.25) is 4.79 Å². The first-order valence-corrected chi connectivity index (χ1v) is 6.47. The van der Waals surface area contributed by atoms with E-state index in [9.17, 15) is 4.79 Å². The summed E-state index contributed by atoms with van der Waals surface area (Å²) in [6.07, 6.45) is 0.913. The third kappa shape index (κ3) is 2.27. The second kappa shape index (κ2) is 5.11. The highest BCUT2D eigenvalue weighted by atomic mass is 16.5. The number of carbonyl (C=O) groups is 1. The van der Waals surface area contributed by atoms with Gasteiger partial charge in [0.1, 0.15) is 5.75 Å². The van der Waals surface area contributed by atoms with Crippen LogP contribution in [0.15, 0.2) is 12.1 Å². The normalized spacial score (nSPS) is 23.1. The van der Waals surface area contributed by atoms with E-state index in [1.807, 2.05) is 26.0 Å². The number of benzene rings is 1. The monoisotopic (exact) mass is 247 g/mol. The van der Waals surface area contributed by atoms with Crippen LogP contribution in [0.3, 0.4) is 0 Å². The summed E-state index contributed by atoms with van der Waals surface area (Å²) in [6, 6.07) is 4.23. The topological polar surface area (TPSA) is 38.3 Å². The minimum atomic E-state index is 0.0697. The minimum Gasteiger partial charge on any atom is -0.496 e. The fraction of sp³-hybridized carbons (Fsp3) is 0.533. The first-order valence-electron chi connectivity index (χ1n) is 6.47. The van der Waals surface area contributed by atoms with Gasteiger partial charge in [-0.15, -0.1) is 0 Å². The molecule has 18 heavy (non-hydrogen) atoms. The van der Waals surface area contributed by atoms with Crippen LogP contribution in [0.2, 0.25) is 0 Å². The van der Waals surface area contributed by atoms with Crippen molar-refractivity contribution in [2.75, 3.05) is 13.7 Å². The summed E-state index contributed by atoms with van der Waals surface area (Å²) in [6.45, 7) is 7.00. The minimum absolute atomic E-state index is 0.0697. The van der Waals surface area contributed by atoms with Crippen molar-refractivity contribution < 1.29 is 9.53 Å². The predicted octanol–water partition coefficient (Wildman–Crippen LogP) is 2.49. The van der Waals surface area contributed by atoms with Crippen LogP contribution in [0.25, 0.3) is 0 Å². The maximum Gasteiger partial charge on any atom is 0.171 e. The lowest BCUT2D eigenvalue weighted by Gasteiger charge is -2.18. The van der Waals surface area contributed by atoms with Crippen molar-refractivity contribution in [3.63, 3.8) is 0 Å². The first-order chi connectivity index (χ1) is 8.54. The molecule has 0 spiro atoms. The van der Waals surface area contributed by atoms with Crippen molar-refractivity contribution in [1.82, 2.24) is 5.32 Å². The summed E-state index contributed by atoms with van der Waals surface area (Å²) in [5.74, 6) is 0.985. The highest BCUT2D eigenvalue weighted by molar-refractivity contribution is 6.02. The summed E-state index contributed by atoms with van der Waals surface area (Å²) in [4.78, 5) is 12.6. The van der Waals surface area contributed by atoms with Gasteiger partial charge in [0, 0.05) is 12.0 Å². The van der Waals surface area contributed by atoms with E-state index in [2.05, 4.69) is 12.2 Å². The number of aryl methyl sites for hydroxylation is 2. The van der Waals surface area contributed by atoms with Crippen molar-refractivity contribution in [2.24, 2.45) is 5.92 Å². The Labute approximate surface area is 109 Å². The van der Waals surface area contributed by atoms with E-state index >= 15 is 0 Å². The number of ketones is 1. The van der Waals surface area contributed by atoms with Gasteiger partial charge >= 0.3 is 0 Å². The number of Topliss-reactive ketones (excluding diaryl/α,β-unsaturated/α-hetero) is 1. The third-order valence-electron chi connectivity index (χ3n) is 3.77. The number of rotatable bonds is 3. The van der Waals surface area contributed by atoms with E-state index in [0.717, 1.165) is 29.7 Å². The van der Waals surface area contributed by atoms with Crippen LogP contribution in [0.1, 0.15) is 34.8 Å². The molecule has 0 aliphatic carbocycles. The van der Waals surface area contributed by atoms with Crippen molar-refractivity contribution in [3.8, 4) is 5.75 Å². The summed E-state index contributed by atoms with van der Waals surface area (Å²) < 4.78 is 5.38. The number of nitrogens with one attached hydrogen (secondary N) is 1. The molecule has 0 saturated carbocycles. The summed E-state index contributed by atoms with van der Waals surface area (Å²) in [7, 11) is 1.63. The molecule has 0 aromatic heterocycles. The smallest absolute Gasteiger partial charge is 0.171 e. The van der Waals surface area contributed by atoms with Gasteiger partial charge in [0.05, 0.1) is 12.7 Å². The Kier molecular flexibility index (Phi) is 3.71. The number of ether oxygens (including phenoxy) is 1. The summed E-state index contributed by atoms with van der Waals surface area (Å²) in [5, 5.41) is 3.33. The summed E-state index contributed by atoms with van der Waals surface area (Å²) in [5.41, 5.74) is 2.89. The zero-order valence-corrected chi connectivity index (χ0v) is 11.5. The molecule has 3 heteroatoms. The van der Waals surface area contributed by atoms with Gasteiger partial charge < -0.3 is 10.1 Å². The van der Waals surface area contributed by atoms with Gasteiger partial charge in [-0.25, -0.2) is 0 Å². The van der Waals surface area contributed by atoms with Crippen LogP contribution < -0.4 is 10.1 Å². The second-order valence-corrected chi connectivity index (χ2v) is 5.16. The maximum atomic E-state index is 12.6. The maximum absolute atomic E-state index is 12.6. The van der Waals surface area contributed by atoms with Gasteiger partial charge in [0.2, 0.25) is 0 Å². The van der Waals surface area contributed by atoms with E-state index in [1.165, 1.54) is 0 Å². The molecule has 3 nitrogen and oxygen atoms in total. The number of hydrogen-bond acceptors (Lipinski definition) is 3. The highest BCUT2D eigenvalue weighted by Gasteiger charge is 2.32. The highest BCUT2D eigenvalue weighted by Crippen LogP contribution is 2.30. The lowest BCUT2D eigenvalue weighted by atomic mass is 9.88. The van der Waals surface area contributed by atoms with Crippen LogP contribution in [0.4, 0.5) is 0 Å². The Morgan fingerprint density at radius 3 is 2.67 bits per heavy atom.